The number of aromatic nitrogens is 2. The molecule has 28 heavy (non-hydrogen) atoms. The van der Waals surface area contributed by atoms with E-state index in [0.29, 0.717) is 6.04 Å². The minimum Gasteiger partial charge on any atom is -0.364 e. The lowest BCUT2D eigenvalue weighted by molar-refractivity contribution is 0.106. The summed E-state index contributed by atoms with van der Waals surface area (Å²) in [5, 5.41) is 3.49. The summed E-state index contributed by atoms with van der Waals surface area (Å²) in [6.45, 7) is 15.5. The molecule has 5 rings (SSSR count). The van der Waals surface area contributed by atoms with Crippen LogP contribution in [0.3, 0.4) is 0 Å². The zero-order valence-electron chi connectivity index (χ0n) is 18.0. The SMILES string of the molecule is C=C1N(Cc2nc3ccccc3n2N)C2CCCCC2C12CNC2.CC.CC. The topological polar surface area (TPSA) is 59.1 Å². The number of imidazole rings is 1. The van der Waals surface area contributed by atoms with Crippen molar-refractivity contribution in [1.29, 1.82) is 0 Å². The van der Waals surface area contributed by atoms with E-state index in [1.165, 1.54) is 31.4 Å². The average Bonchev–Trinajstić information content (AvgIpc) is 3.17. The van der Waals surface area contributed by atoms with Gasteiger partial charge in [0.25, 0.3) is 0 Å². The van der Waals surface area contributed by atoms with Crippen LogP contribution in [0.15, 0.2) is 36.5 Å². The first kappa shape index (κ1) is 20.7. The van der Waals surface area contributed by atoms with Crippen molar-refractivity contribution in [2.24, 2.45) is 11.3 Å². The summed E-state index contributed by atoms with van der Waals surface area (Å²) in [6, 6.07) is 8.69. The number of hydrogen-bond donors (Lipinski definition) is 2. The Kier molecular flexibility index (Phi) is 6.33. The van der Waals surface area contributed by atoms with Crippen LogP contribution < -0.4 is 11.2 Å². The Bertz CT molecular complexity index is 804. The average molecular weight is 384 g/mol. The van der Waals surface area contributed by atoms with Crippen LogP contribution in [0.25, 0.3) is 11.0 Å². The summed E-state index contributed by atoms with van der Waals surface area (Å²) >= 11 is 0. The Balaban J connectivity index is 0.000000531. The van der Waals surface area contributed by atoms with Crippen LogP contribution in [-0.4, -0.2) is 33.7 Å². The van der Waals surface area contributed by atoms with Gasteiger partial charge in [0.05, 0.1) is 17.6 Å². The smallest absolute Gasteiger partial charge is 0.147 e. The zero-order chi connectivity index (χ0) is 20.3. The highest BCUT2D eigenvalue weighted by molar-refractivity contribution is 5.75. The van der Waals surface area contributed by atoms with Crippen molar-refractivity contribution >= 4 is 11.0 Å². The minimum absolute atomic E-state index is 0.288. The molecule has 1 aromatic heterocycles. The van der Waals surface area contributed by atoms with Crippen molar-refractivity contribution in [2.75, 3.05) is 18.9 Å². The van der Waals surface area contributed by atoms with Crippen molar-refractivity contribution < 1.29 is 0 Å². The molecule has 1 aromatic carbocycles. The zero-order valence-corrected chi connectivity index (χ0v) is 18.0. The second-order valence-corrected chi connectivity index (χ2v) is 7.68. The Labute approximate surface area is 170 Å². The van der Waals surface area contributed by atoms with Crippen molar-refractivity contribution in [3.8, 4) is 0 Å². The highest BCUT2D eigenvalue weighted by atomic mass is 15.4. The highest BCUT2D eigenvalue weighted by Gasteiger charge is 2.58. The van der Waals surface area contributed by atoms with E-state index in [0.717, 1.165) is 42.4 Å². The van der Waals surface area contributed by atoms with Crippen LogP contribution in [0, 0.1) is 11.3 Å². The molecule has 0 bridgehead atoms. The first-order chi connectivity index (χ1) is 13.7. The van der Waals surface area contributed by atoms with Gasteiger partial charge in [-0.3, -0.25) is 0 Å². The number of rotatable bonds is 2. The number of nitrogen functional groups attached to an aromatic ring is 1. The normalized spacial score (nSPS) is 24.7. The predicted octanol–water partition coefficient (Wildman–Crippen LogP) is 4.28. The quantitative estimate of drug-likeness (QED) is 0.760. The second-order valence-electron chi connectivity index (χ2n) is 7.68. The van der Waals surface area contributed by atoms with Crippen LogP contribution in [0.2, 0.25) is 0 Å². The number of nitrogens with one attached hydrogen (secondary N) is 1. The van der Waals surface area contributed by atoms with E-state index in [4.69, 9.17) is 10.8 Å². The molecule has 0 amide bonds. The molecular weight excluding hydrogens is 346 g/mol. The van der Waals surface area contributed by atoms with E-state index in [1.807, 2.05) is 52.0 Å². The Morgan fingerprint density at radius 3 is 2.46 bits per heavy atom. The summed E-state index contributed by atoms with van der Waals surface area (Å²) in [6.07, 6.45) is 5.30. The number of nitrogens with two attached hydrogens (primary N) is 1. The van der Waals surface area contributed by atoms with Gasteiger partial charge in [-0.05, 0) is 30.9 Å². The summed E-state index contributed by atoms with van der Waals surface area (Å²) < 4.78 is 1.75. The maximum Gasteiger partial charge on any atom is 0.147 e. The molecular formula is C23H37N5. The Morgan fingerprint density at radius 2 is 1.82 bits per heavy atom. The molecule has 3 N–H and O–H groups in total. The summed E-state index contributed by atoms with van der Waals surface area (Å²) in [4.78, 5) is 7.30. The summed E-state index contributed by atoms with van der Waals surface area (Å²) in [5.74, 6) is 8.01. The molecule has 2 saturated heterocycles. The van der Waals surface area contributed by atoms with Crippen molar-refractivity contribution in [3.63, 3.8) is 0 Å². The largest absolute Gasteiger partial charge is 0.364 e. The number of fused-ring (bicyclic) bond motifs is 3. The molecule has 2 aliphatic heterocycles. The lowest BCUT2D eigenvalue weighted by Gasteiger charge is -2.45. The molecule has 1 aliphatic carbocycles. The molecule has 3 heterocycles. The third-order valence-corrected chi connectivity index (χ3v) is 6.62. The van der Waals surface area contributed by atoms with Gasteiger partial charge in [-0.25, -0.2) is 9.66 Å². The standard InChI is InChI=1S/C19H25N5.2C2H6/c1-13-19(11-21-12-19)14-6-2-4-8-16(14)23(13)10-18-22-15-7-3-5-9-17(15)24(18)20;2*1-2/h3,5,7,9,14,16,21H,1-2,4,6,8,10-12,20H2;2*1-2H3. The van der Waals surface area contributed by atoms with Gasteiger partial charge in [0.15, 0.2) is 0 Å². The van der Waals surface area contributed by atoms with E-state index in [2.05, 4.69) is 16.8 Å². The lowest BCUT2D eigenvalue weighted by atomic mass is 9.65. The monoisotopic (exact) mass is 383 g/mol. The van der Waals surface area contributed by atoms with E-state index >= 15 is 0 Å². The fourth-order valence-corrected chi connectivity index (χ4v) is 5.26. The molecule has 5 nitrogen and oxygen atoms in total. The number of hydrogen-bond acceptors (Lipinski definition) is 4. The van der Waals surface area contributed by atoms with Crippen molar-refractivity contribution in [1.82, 2.24) is 19.9 Å². The number of likely N-dealkylation sites (tertiary alicyclic amines) is 1. The van der Waals surface area contributed by atoms with Gasteiger partial charge >= 0.3 is 0 Å². The summed E-state index contributed by atoms with van der Waals surface area (Å²) in [5.41, 5.74) is 3.57. The molecule has 1 spiro atoms. The fraction of sp³-hybridized carbons (Fsp3) is 0.609. The van der Waals surface area contributed by atoms with E-state index in [9.17, 15) is 0 Å². The Hall–Kier alpha value is -2.01. The van der Waals surface area contributed by atoms with Crippen molar-refractivity contribution in [3.05, 3.63) is 42.4 Å². The fourth-order valence-electron chi connectivity index (χ4n) is 5.26. The van der Waals surface area contributed by atoms with Gasteiger partial charge in [0, 0.05) is 30.2 Å². The first-order valence-corrected chi connectivity index (χ1v) is 11.1. The number of benzene rings is 1. The van der Waals surface area contributed by atoms with Gasteiger partial charge in [-0.2, -0.15) is 0 Å². The third-order valence-electron chi connectivity index (χ3n) is 6.62. The maximum atomic E-state index is 6.33. The van der Waals surface area contributed by atoms with Crippen molar-refractivity contribution in [2.45, 2.75) is 66.0 Å². The lowest BCUT2D eigenvalue weighted by Crippen LogP contribution is -2.57. The van der Waals surface area contributed by atoms with E-state index < -0.39 is 0 Å². The molecule has 5 heteroatoms. The van der Waals surface area contributed by atoms with Gasteiger partial charge in [-0.15, -0.1) is 0 Å². The molecule has 2 aromatic rings. The minimum atomic E-state index is 0.288. The summed E-state index contributed by atoms with van der Waals surface area (Å²) in [7, 11) is 0. The molecule has 3 fully saturated rings. The molecule has 154 valence electrons. The van der Waals surface area contributed by atoms with E-state index in [-0.39, 0.29) is 5.41 Å². The highest BCUT2D eigenvalue weighted by Crippen LogP contribution is 2.55. The van der Waals surface area contributed by atoms with Gasteiger partial charge in [0.1, 0.15) is 5.82 Å². The van der Waals surface area contributed by atoms with Crippen LogP contribution in [0.5, 0.6) is 0 Å². The second kappa shape index (κ2) is 8.56. The molecule has 0 radical (unpaired) electrons. The molecule has 3 aliphatic rings. The number of para-hydroxylation sites is 2. The van der Waals surface area contributed by atoms with E-state index in [1.54, 1.807) is 4.68 Å². The van der Waals surface area contributed by atoms with Gasteiger partial charge in [-0.1, -0.05) is 59.2 Å². The Morgan fingerprint density at radius 1 is 1.14 bits per heavy atom. The molecule has 2 atom stereocenters. The molecule has 2 unspecified atom stereocenters. The maximum absolute atomic E-state index is 6.33. The van der Waals surface area contributed by atoms with Crippen LogP contribution in [-0.2, 0) is 6.54 Å². The van der Waals surface area contributed by atoms with Crippen LogP contribution in [0.1, 0.15) is 59.2 Å². The predicted molar refractivity (Wildman–Crippen MR) is 118 cm³/mol. The molecule has 1 saturated carbocycles. The third kappa shape index (κ3) is 3.10. The number of nitrogens with zero attached hydrogens (tertiary/aromatic N) is 3. The first-order valence-electron chi connectivity index (χ1n) is 11.1. The van der Waals surface area contributed by atoms with Gasteiger partial charge in [0.2, 0.25) is 0 Å². The van der Waals surface area contributed by atoms with Crippen LogP contribution >= 0.6 is 0 Å². The van der Waals surface area contributed by atoms with Crippen LogP contribution in [0.4, 0.5) is 0 Å². The van der Waals surface area contributed by atoms with Gasteiger partial charge < -0.3 is 16.1 Å².